The smallest absolute Gasteiger partial charge is 0.244 e. The van der Waals surface area contributed by atoms with Gasteiger partial charge in [0.15, 0.2) is 0 Å². The van der Waals surface area contributed by atoms with Crippen LogP contribution in [0.15, 0.2) is 42.5 Å². The van der Waals surface area contributed by atoms with Crippen molar-refractivity contribution in [2.45, 2.75) is 46.2 Å². The van der Waals surface area contributed by atoms with Crippen LogP contribution < -0.4 is 14.4 Å². The second-order valence-electron chi connectivity index (χ2n) is 8.29. The zero-order valence-electron chi connectivity index (χ0n) is 20.9. The van der Waals surface area contributed by atoms with Crippen molar-refractivity contribution >= 4 is 39.1 Å². The molecule has 2 aromatic rings. The van der Waals surface area contributed by atoms with Crippen molar-refractivity contribution < 1.29 is 22.7 Å². The SMILES string of the molecule is CCCNC(=O)C(CC)N(Cc1cccc(OC)c1)C(=O)CN(c1cc(Cl)ccc1C)S(C)(=O)=O. The van der Waals surface area contributed by atoms with E-state index >= 15 is 0 Å². The lowest BCUT2D eigenvalue weighted by Gasteiger charge is -2.33. The molecule has 0 spiro atoms. The third kappa shape index (κ3) is 7.86. The highest BCUT2D eigenvalue weighted by Gasteiger charge is 2.32. The summed E-state index contributed by atoms with van der Waals surface area (Å²) < 4.78 is 31.8. The molecular formula is C25H34ClN3O5S. The number of rotatable bonds is 12. The lowest BCUT2D eigenvalue weighted by molar-refractivity contribution is -0.140. The molecule has 1 N–H and O–H groups in total. The van der Waals surface area contributed by atoms with Gasteiger partial charge < -0.3 is 15.0 Å². The van der Waals surface area contributed by atoms with Crippen molar-refractivity contribution in [3.05, 3.63) is 58.6 Å². The summed E-state index contributed by atoms with van der Waals surface area (Å²) in [6.45, 7) is 5.63. The van der Waals surface area contributed by atoms with Crippen LogP contribution in [0.2, 0.25) is 5.02 Å². The maximum atomic E-state index is 13.7. The Labute approximate surface area is 213 Å². The first kappa shape index (κ1) is 28.5. The fourth-order valence-corrected chi connectivity index (χ4v) is 4.76. The summed E-state index contributed by atoms with van der Waals surface area (Å²) in [4.78, 5) is 28.1. The number of aryl methyl sites for hydroxylation is 1. The number of ether oxygens (including phenoxy) is 1. The minimum atomic E-state index is -3.83. The zero-order chi connectivity index (χ0) is 26.2. The van der Waals surface area contributed by atoms with Crippen LogP contribution in [0.4, 0.5) is 5.69 Å². The number of hydrogen-bond donors (Lipinski definition) is 1. The van der Waals surface area contributed by atoms with Crippen molar-refractivity contribution in [2.75, 3.05) is 30.8 Å². The van der Waals surface area contributed by atoms with Crippen LogP contribution in [-0.4, -0.2) is 57.6 Å². The number of nitrogens with zero attached hydrogens (tertiary/aromatic N) is 2. The van der Waals surface area contributed by atoms with Gasteiger partial charge in [-0.1, -0.05) is 43.6 Å². The Bertz CT molecular complexity index is 1140. The highest BCUT2D eigenvalue weighted by atomic mass is 35.5. The van der Waals surface area contributed by atoms with Crippen LogP contribution in [0.25, 0.3) is 0 Å². The van der Waals surface area contributed by atoms with Gasteiger partial charge in [-0.3, -0.25) is 13.9 Å². The number of amides is 2. The number of benzene rings is 2. The molecule has 35 heavy (non-hydrogen) atoms. The van der Waals surface area contributed by atoms with Gasteiger partial charge in [0.2, 0.25) is 21.8 Å². The minimum absolute atomic E-state index is 0.111. The van der Waals surface area contributed by atoms with Gasteiger partial charge in [-0.2, -0.15) is 0 Å². The third-order valence-corrected chi connectivity index (χ3v) is 6.90. The molecule has 0 saturated heterocycles. The Hall–Kier alpha value is -2.78. The molecule has 0 aliphatic rings. The Kier molecular flexibility index (Phi) is 10.4. The van der Waals surface area contributed by atoms with E-state index in [0.29, 0.717) is 35.0 Å². The van der Waals surface area contributed by atoms with Gasteiger partial charge in [-0.25, -0.2) is 8.42 Å². The van der Waals surface area contributed by atoms with E-state index in [-0.39, 0.29) is 12.5 Å². The summed E-state index contributed by atoms with van der Waals surface area (Å²) in [7, 11) is -2.28. The van der Waals surface area contributed by atoms with Crippen LogP contribution in [0, 0.1) is 6.92 Å². The van der Waals surface area contributed by atoms with Crippen molar-refractivity contribution in [1.82, 2.24) is 10.2 Å². The first-order chi connectivity index (χ1) is 16.5. The number of halogens is 1. The van der Waals surface area contributed by atoms with Gasteiger partial charge in [0.05, 0.1) is 19.1 Å². The van der Waals surface area contributed by atoms with E-state index in [2.05, 4.69) is 5.32 Å². The molecule has 2 rings (SSSR count). The fourth-order valence-electron chi connectivity index (χ4n) is 3.70. The highest BCUT2D eigenvalue weighted by molar-refractivity contribution is 7.92. The Morgan fingerprint density at radius 2 is 1.86 bits per heavy atom. The van der Waals surface area contributed by atoms with Crippen LogP contribution >= 0.6 is 11.6 Å². The lowest BCUT2D eigenvalue weighted by atomic mass is 10.1. The minimum Gasteiger partial charge on any atom is -0.497 e. The molecule has 1 atom stereocenters. The van der Waals surface area contributed by atoms with Gasteiger partial charge in [0.25, 0.3) is 0 Å². The lowest BCUT2D eigenvalue weighted by Crippen LogP contribution is -2.52. The first-order valence-corrected chi connectivity index (χ1v) is 13.7. The average Bonchev–Trinajstić information content (AvgIpc) is 2.81. The van der Waals surface area contributed by atoms with Crippen LogP contribution in [0.5, 0.6) is 5.75 Å². The van der Waals surface area contributed by atoms with E-state index in [1.165, 1.54) is 11.0 Å². The Morgan fingerprint density at radius 1 is 1.14 bits per heavy atom. The molecule has 0 aliphatic heterocycles. The van der Waals surface area contributed by atoms with Crippen LogP contribution in [0.3, 0.4) is 0 Å². The monoisotopic (exact) mass is 523 g/mol. The van der Waals surface area contributed by atoms with Gasteiger partial charge in [0.1, 0.15) is 18.3 Å². The number of nitrogens with one attached hydrogen (secondary N) is 1. The number of hydrogen-bond acceptors (Lipinski definition) is 5. The number of sulfonamides is 1. The molecule has 8 nitrogen and oxygen atoms in total. The predicted octanol–water partition coefficient (Wildman–Crippen LogP) is 3.76. The normalized spacial score (nSPS) is 12.1. The fraction of sp³-hybridized carbons (Fsp3) is 0.440. The Balaban J connectivity index is 2.48. The summed E-state index contributed by atoms with van der Waals surface area (Å²) in [5.41, 5.74) is 1.72. The molecule has 0 heterocycles. The molecule has 0 aliphatic carbocycles. The van der Waals surface area contributed by atoms with E-state index in [1.54, 1.807) is 44.4 Å². The Morgan fingerprint density at radius 3 is 2.46 bits per heavy atom. The number of anilines is 1. The number of carbonyl (C=O) groups excluding carboxylic acids is 2. The molecule has 0 aromatic heterocycles. The molecule has 10 heteroatoms. The van der Waals surface area contributed by atoms with Gasteiger partial charge in [-0.05, 0) is 55.2 Å². The predicted molar refractivity (Wildman–Crippen MR) is 139 cm³/mol. The van der Waals surface area contributed by atoms with Crippen LogP contribution in [0.1, 0.15) is 37.8 Å². The number of carbonyl (C=O) groups is 2. The molecule has 2 amide bonds. The second kappa shape index (κ2) is 12.8. The molecule has 0 radical (unpaired) electrons. The summed E-state index contributed by atoms with van der Waals surface area (Å²) >= 11 is 6.13. The average molecular weight is 524 g/mol. The van der Waals surface area contributed by atoms with Crippen LogP contribution in [-0.2, 0) is 26.2 Å². The van der Waals surface area contributed by atoms with Crippen molar-refractivity contribution in [2.24, 2.45) is 0 Å². The zero-order valence-corrected chi connectivity index (χ0v) is 22.4. The summed E-state index contributed by atoms with van der Waals surface area (Å²) in [5.74, 6) is -0.169. The maximum Gasteiger partial charge on any atom is 0.244 e. The second-order valence-corrected chi connectivity index (χ2v) is 10.6. The van der Waals surface area contributed by atoms with E-state index in [9.17, 15) is 18.0 Å². The van der Waals surface area contributed by atoms with Crippen molar-refractivity contribution in [1.29, 1.82) is 0 Å². The van der Waals surface area contributed by atoms with Gasteiger partial charge in [-0.15, -0.1) is 0 Å². The summed E-state index contributed by atoms with van der Waals surface area (Å²) in [5, 5.41) is 3.20. The van der Waals surface area contributed by atoms with Gasteiger partial charge >= 0.3 is 0 Å². The van der Waals surface area contributed by atoms with E-state index in [1.807, 2.05) is 19.9 Å². The molecule has 0 saturated carbocycles. The molecule has 192 valence electrons. The molecule has 2 aromatic carbocycles. The van der Waals surface area contributed by atoms with Crippen molar-refractivity contribution in [3.63, 3.8) is 0 Å². The highest BCUT2D eigenvalue weighted by Crippen LogP contribution is 2.27. The quantitative estimate of drug-likeness (QED) is 0.457. The molecular weight excluding hydrogens is 490 g/mol. The molecule has 0 bridgehead atoms. The van der Waals surface area contributed by atoms with E-state index < -0.39 is 28.5 Å². The van der Waals surface area contributed by atoms with Crippen molar-refractivity contribution in [3.8, 4) is 5.75 Å². The van der Waals surface area contributed by atoms with E-state index in [4.69, 9.17) is 16.3 Å². The maximum absolute atomic E-state index is 13.7. The first-order valence-electron chi connectivity index (χ1n) is 11.5. The standard InChI is InChI=1S/C25H34ClN3O5S/c1-6-13-27-25(31)22(7-2)28(16-19-9-8-10-21(14-19)34-4)24(30)17-29(35(5,32)33)23-15-20(26)12-11-18(23)3/h8-12,14-15,22H,6-7,13,16-17H2,1-5H3,(H,27,31). The third-order valence-electron chi connectivity index (χ3n) is 5.54. The number of methoxy groups -OCH3 is 1. The molecule has 0 fully saturated rings. The van der Waals surface area contributed by atoms with E-state index in [0.717, 1.165) is 22.5 Å². The summed E-state index contributed by atoms with van der Waals surface area (Å²) in [6.07, 6.45) is 2.15. The molecule has 1 unspecified atom stereocenters. The van der Waals surface area contributed by atoms with Gasteiger partial charge in [0, 0.05) is 18.1 Å². The largest absolute Gasteiger partial charge is 0.497 e. The topological polar surface area (TPSA) is 96.0 Å². The summed E-state index contributed by atoms with van der Waals surface area (Å²) in [6, 6.07) is 11.3.